The number of ether oxygens (including phenoxy) is 1. The average molecular weight is 361 g/mol. The van der Waals surface area contributed by atoms with Gasteiger partial charge in [-0.2, -0.15) is 0 Å². The summed E-state index contributed by atoms with van der Waals surface area (Å²) in [6.07, 6.45) is 1.59. The highest BCUT2D eigenvalue weighted by Crippen LogP contribution is 2.16. The van der Waals surface area contributed by atoms with E-state index in [4.69, 9.17) is 4.74 Å². The number of aromatic nitrogens is 4. The van der Waals surface area contributed by atoms with Crippen molar-refractivity contribution in [3.8, 4) is 5.75 Å². The Morgan fingerprint density at radius 1 is 1.36 bits per heavy atom. The van der Waals surface area contributed by atoms with Crippen LogP contribution >= 0.6 is 11.3 Å². The second-order valence-corrected chi connectivity index (χ2v) is 6.32. The number of rotatable bonds is 7. The number of thiazole rings is 1. The fourth-order valence-corrected chi connectivity index (χ4v) is 2.69. The SMILES string of the molecule is Cc1nc(CNC(=O)Cn2cc(COc3ccccc3F)nn2)cs1. The smallest absolute Gasteiger partial charge is 0.242 e. The monoisotopic (exact) mass is 361 g/mol. The summed E-state index contributed by atoms with van der Waals surface area (Å²) < 4.78 is 20.2. The maximum absolute atomic E-state index is 13.5. The van der Waals surface area contributed by atoms with E-state index in [2.05, 4.69) is 20.6 Å². The van der Waals surface area contributed by atoms with Crippen LogP contribution in [0.3, 0.4) is 0 Å². The summed E-state index contributed by atoms with van der Waals surface area (Å²) in [5.41, 5.74) is 1.33. The van der Waals surface area contributed by atoms with Gasteiger partial charge in [0, 0.05) is 5.38 Å². The fraction of sp³-hybridized carbons (Fsp3) is 0.250. The molecule has 1 amide bonds. The van der Waals surface area contributed by atoms with E-state index in [-0.39, 0.29) is 24.8 Å². The second-order valence-electron chi connectivity index (χ2n) is 5.26. The van der Waals surface area contributed by atoms with Crippen molar-refractivity contribution in [2.24, 2.45) is 0 Å². The number of halogens is 1. The zero-order valence-electron chi connectivity index (χ0n) is 13.5. The van der Waals surface area contributed by atoms with Gasteiger partial charge in [0.25, 0.3) is 0 Å². The van der Waals surface area contributed by atoms with E-state index in [9.17, 15) is 9.18 Å². The Hall–Kier alpha value is -2.81. The van der Waals surface area contributed by atoms with Gasteiger partial charge in [-0.05, 0) is 19.1 Å². The van der Waals surface area contributed by atoms with E-state index in [1.54, 1.807) is 18.3 Å². The van der Waals surface area contributed by atoms with Crippen LogP contribution in [0.25, 0.3) is 0 Å². The first kappa shape index (κ1) is 17.0. The summed E-state index contributed by atoms with van der Waals surface area (Å²) in [7, 11) is 0. The lowest BCUT2D eigenvalue weighted by atomic mass is 10.3. The molecule has 3 rings (SSSR count). The number of amides is 1. The topological polar surface area (TPSA) is 81.9 Å². The first-order valence-corrected chi connectivity index (χ1v) is 8.42. The molecule has 3 aromatic rings. The van der Waals surface area contributed by atoms with E-state index >= 15 is 0 Å². The van der Waals surface area contributed by atoms with E-state index in [0.29, 0.717) is 12.2 Å². The summed E-state index contributed by atoms with van der Waals surface area (Å²) in [6.45, 7) is 2.40. The maximum Gasteiger partial charge on any atom is 0.242 e. The van der Waals surface area contributed by atoms with Gasteiger partial charge in [0.2, 0.25) is 5.91 Å². The van der Waals surface area contributed by atoms with Crippen LogP contribution in [0.1, 0.15) is 16.4 Å². The number of para-hydroxylation sites is 1. The molecule has 2 aromatic heterocycles. The van der Waals surface area contributed by atoms with Gasteiger partial charge in [-0.15, -0.1) is 16.4 Å². The molecule has 0 aliphatic carbocycles. The minimum atomic E-state index is -0.438. The maximum atomic E-state index is 13.5. The molecule has 0 atom stereocenters. The van der Waals surface area contributed by atoms with Crippen molar-refractivity contribution in [1.29, 1.82) is 0 Å². The Kier molecular flexibility index (Phi) is 5.34. The molecule has 9 heteroatoms. The van der Waals surface area contributed by atoms with Crippen molar-refractivity contribution in [3.63, 3.8) is 0 Å². The van der Waals surface area contributed by atoms with Gasteiger partial charge >= 0.3 is 0 Å². The van der Waals surface area contributed by atoms with Crippen LogP contribution in [0.2, 0.25) is 0 Å². The zero-order chi connectivity index (χ0) is 17.6. The molecule has 0 saturated heterocycles. The van der Waals surface area contributed by atoms with Crippen molar-refractivity contribution < 1.29 is 13.9 Å². The normalized spacial score (nSPS) is 10.6. The minimum Gasteiger partial charge on any atom is -0.484 e. The average Bonchev–Trinajstić information content (AvgIpc) is 3.21. The molecule has 0 saturated carbocycles. The van der Waals surface area contributed by atoms with E-state index in [1.807, 2.05) is 12.3 Å². The number of hydrogen-bond acceptors (Lipinski definition) is 6. The Balaban J connectivity index is 1.47. The Morgan fingerprint density at radius 2 is 2.20 bits per heavy atom. The molecule has 0 spiro atoms. The van der Waals surface area contributed by atoms with Crippen molar-refractivity contribution in [2.75, 3.05) is 0 Å². The van der Waals surface area contributed by atoms with Crippen LogP contribution in [0.15, 0.2) is 35.8 Å². The highest BCUT2D eigenvalue weighted by Gasteiger charge is 2.08. The van der Waals surface area contributed by atoms with Crippen LogP contribution in [-0.2, 0) is 24.5 Å². The molecule has 25 heavy (non-hydrogen) atoms. The highest BCUT2D eigenvalue weighted by molar-refractivity contribution is 7.09. The van der Waals surface area contributed by atoms with E-state index in [0.717, 1.165) is 10.7 Å². The fourth-order valence-electron chi connectivity index (χ4n) is 2.08. The summed E-state index contributed by atoms with van der Waals surface area (Å²) in [6, 6.07) is 6.13. The zero-order valence-corrected chi connectivity index (χ0v) is 14.3. The quantitative estimate of drug-likeness (QED) is 0.697. The van der Waals surface area contributed by atoms with Crippen LogP contribution in [-0.4, -0.2) is 25.9 Å². The Morgan fingerprint density at radius 3 is 2.96 bits per heavy atom. The minimum absolute atomic E-state index is 0.0375. The van der Waals surface area contributed by atoms with Gasteiger partial charge in [-0.1, -0.05) is 17.3 Å². The lowest BCUT2D eigenvalue weighted by Gasteiger charge is -2.04. The van der Waals surface area contributed by atoms with Crippen molar-refractivity contribution in [1.82, 2.24) is 25.3 Å². The highest BCUT2D eigenvalue weighted by atomic mass is 32.1. The molecular weight excluding hydrogens is 345 g/mol. The molecule has 0 aliphatic heterocycles. The largest absolute Gasteiger partial charge is 0.484 e. The number of carbonyl (C=O) groups is 1. The van der Waals surface area contributed by atoms with Crippen molar-refractivity contribution >= 4 is 17.2 Å². The number of nitrogens with one attached hydrogen (secondary N) is 1. The number of aryl methyl sites for hydroxylation is 1. The first-order valence-electron chi connectivity index (χ1n) is 7.54. The van der Waals surface area contributed by atoms with Gasteiger partial charge in [0.05, 0.1) is 23.4 Å². The molecule has 1 aromatic carbocycles. The van der Waals surface area contributed by atoms with Crippen LogP contribution in [0, 0.1) is 12.7 Å². The van der Waals surface area contributed by atoms with Gasteiger partial charge in [0.15, 0.2) is 11.6 Å². The van der Waals surface area contributed by atoms with Gasteiger partial charge < -0.3 is 10.1 Å². The van der Waals surface area contributed by atoms with Gasteiger partial charge in [-0.25, -0.2) is 14.1 Å². The molecular formula is C16H16FN5O2S. The van der Waals surface area contributed by atoms with Crippen molar-refractivity contribution in [2.45, 2.75) is 26.6 Å². The predicted octanol–water partition coefficient (Wildman–Crippen LogP) is 2.08. The number of nitrogens with zero attached hydrogens (tertiary/aromatic N) is 4. The molecule has 0 aliphatic rings. The second kappa shape index (κ2) is 7.84. The van der Waals surface area contributed by atoms with Gasteiger partial charge in [0.1, 0.15) is 18.8 Å². The molecule has 2 heterocycles. The third-order valence-electron chi connectivity index (χ3n) is 3.24. The lowest BCUT2D eigenvalue weighted by molar-refractivity contribution is -0.122. The number of hydrogen-bond donors (Lipinski definition) is 1. The lowest BCUT2D eigenvalue weighted by Crippen LogP contribution is -2.27. The van der Waals surface area contributed by atoms with Crippen molar-refractivity contribution in [3.05, 3.63) is 58.1 Å². The van der Waals surface area contributed by atoms with Gasteiger partial charge in [-0.3, -0.25) is 4.79 Å². The summed E-state index contributed by atoms with van der Waals surface area (Å²) >= 11 is 1.54. The molecule has 0 radical (unpaired) electrons. The standard InChI is InChI=1S/C16H16FN5O2S/c1-11-19-12(10-25-11)6-18-16(23)8-22-7-13(20-21-22)9-24-15-5-3-2-4-14(15)17/h2-5,7,10H,6,8-9H2,1H3,(H,18,23). The summed E-state index contributed by atoms with van der Waals surface area (Å²) in [5.74, 6) is -0.489. The molecule has 0 fully saturated rings. The predicted molar refractivity (Wildman–Crippen MR) is 89.5 cm³/mol. The van der Waals surface area contributed by atoms with E-state index < -0.39 is 5.82 Å². The summed E-state index contributed by atoms with van der Waals surface area (Å²) in [4.78, 5) is 16.2. The molecule has 0 bridgehead atoms. The molecule has 130 valence electrons. The summed E-state index contributed by atoms with van der Waals surface area (Å²) in [5, 5.41) is 13.4. The molecule has 1 N–H and O–H groups in total. The molecule has 7 nitrogen and oxygen atoms in total. The first-order chi connectivity index (χ1) is 12.1. The van der Waals surface area contributed by atoms with Crippen LogP contribution in [0.4, 0.5) is 4.39 Å². The molecule has 0 unspecified atom stereocenters. The Labute approximate surface area is 147 Å². The van der Waals surface area contributed by atoms with Crippen LogP contribution < -0.4 is 10.1 Å². The number of benzene rings is 1. The third-order valence-corrected chi connectivity index (χ3v) is 4.06. The Bertz CT molecular complexity index is 864. The number of carbonyl (C=O) groups excluding carboxylic acids is 1. The third kappa shape index (κ3) is 4.83. The van der Waals surface area contributed by atoms with E-state index in [1.165, 1.54) is 28.2 Å². The van der Waals surface area contributed by atoms with Crippen LogP contribution in [0.5, 0.6) is 5.75 Å².